The molecule has 1 rings (SSSR count). The van der Waals surface area contributed by atoms with Gasteiger partial charge in [-0.3, -0.25) is 4.79 Å². The smallest absolute Gasteiger partial charge is 0.405 e. The highest BCUT2D eigenvalue weighted by Gasteiger charge is 2.39. The fourth-order valence-electron chi connectivity index (χ4n) is 0.885. The summed E-state index contributed by atoms with van der Waals surface area (Å²) in [6.45, 7) is 2.60. The highest BCUT2D eigenvalue weighted by Crippen LogP contribution is 2.19. The largest absolute Gasteiger partial charge is 0.481 e. The van der Waals surface area contributed by atoms with Gasteiger partial charge in [0.05, 0.1) is 0 Å². The third kappa shape index (κ3) is 7.15. The molecule has 0 spiro atoms. The third-order valence-corrected chi connectivity index (χ3v) is 1.74. The van der Waals surface area contributed by atoms with Gasteiger partial charge in [-0.1, -0.05) is 6.92 Å². The highest BCUT2D eigenvalue weighted by atomic mass is 19.4. The van der Waals surface area contributed by atoms with Crippen molar-refractivity contribution in [2.45, 2.75) is 25.6 Å². The Hall–Kier alpha value is -0.820. The minimum Gasteiger partial charge on any atom is -0.481 e. The van der Waals surface area contributed by atoms with E-state index in [0.717, 1.165) is 0 Å². The summed E-state index contributed by atoms with van der Waals surface area (Å²) in [5.74, 6) is -0.745. The van der Waals surface area contributed by atoms with Crippen LogP contribution in [0, 0.1) is 0 Å². The molecule has 15 heavy (non-hydrogen) atoms. The maximum absolute atomic E-state index is 11.8. The summed E-state index contributed by atoms with van der Waals surface area (Å²) >= 11 is 0. The lowest BCUT2D eigenvalue weighted by Crippen LogP contribution is -2.55. The summed E-state index contributed by atoms with van der Waals surface area (Å²) in [6, 6.07) is -1.36. The summed E-state index contributed by atoms with van der Waals surface area (Å²) in [5.41, 5.74) is 0. The van der Waals surface area contributed by atoms with Crippen LogP contribution in [-0.4, -0.2) is 42.9 Å². The van der Waals surface area contributed by atoms with Crippen LogP contribution >= 0.6 is 0 Å². The van der Waals surface area contributed by atoms with Crippen molar-refractivity contribution in [3.05, 3.63) is 0 Å². The topological polar surface area (TPSA) is 61.4 Å². The van der Waals surface area contributed by atoms with Crippen LogP contribution in [0.15, 0.2) is 0 Å². The van der Waals surface area contributed by atoms with Gasteiger partial charge in [-0.25, -0.2) is 0 Å². The van der Waals surface area contributed by atoms with Crippen LogP contribution in [0.4, 0.5) is 13.2 Å². The van der Waals surface area contributed by atoms with E-state index in [2.05, 4.69) is 10.6 Å². The lowest BCUT2D eigenvalue weighted by atomic mass is 10.2. The molecule has 4 nitrogen and oxygen atoms in total. The molecule has 0 amide bonds. The first-order valence-corrected chi connectivity index (χ1v) is 4.60. The zero-order chi connectivity index (χ0) is 11.9. The van der Waals surface area contributed by atoms with Gasteiger partial charge in [-0.05, 0) is 0 Å². The zero-order valence-corrected chi connectivity index (χ0v) is 8.40. The average Bonchev–Trinajstić information content (AvgIpc) is 2.19. The van der Waals surface area contributed by atoms with Gasteiger partial charge in [0.25, 0.3) is 0 Å². The van der Waals surface area contributed by atoms with Crippen molar-refractivity contribution in [2.75, 3.05) is 19.6 Å². The van der Waals surface area contributed by atoms with E-state index in [-0.39, 0.29) is 13.0 Å². The van der Waals surface area contributed by atoms with Crippen molar-refractivity contribution in [1.82, 2.24) is 10.6 Å². The molecule has 0 radical (unpaired) electrons. The van der Waals surface area contributed by atoms with Crippen molar-refractivity contribution in [1.29, 1.82) is 0 Å². The van der Waals surface area contributed by atoms with Crippen molar-refractivity contribution in [3.63, 3.8) is 0 Å². The molecule has 1 atom stereocenters. The molecule has 1 saturated heterocycles. The summed E-state index contributed by atoms with van der Waals surface area (Å²) in [7, 11) is 0. The van der Waals surface area contributed by atoms with Crippen molar-refractivity contribution in [2.24, 2.45) is 0 Å². The lowest BCUT2D eigenvalue weighted by Gasteiger charge is -2.26. The fraction of sp³-hybridized carbons (Fsp3) is 0.875. The zero-order valence-electron chi connectivity index (χ0n) is 8.40. The summed E-state index contributed by atoms with van der Waals surface area (Å²) < 4.78 is 35.5. The number of nitrogens with one attached hydrogen (secondary N) is 2. The standard InChI is InChI=1S/C5H9F3N2.C3H6O2/c6-5(7,8)4-3-9-1-2-10-4;1-2-3(4)5/h4,9-10H,1-3H2;2H2,1H3,(H,4,5). The molecule has 1 aliphatic heterocycles. The number of halogens is 3. The molecule has 0 aromatic rings. The Balaban J connectivity index is 0.000000336. The van der Waals surface area contributed by atoms with E-state index in [1.54, 1.807) is 6.92 Å². The third-order valence-electron chi connectivity index (χ3n) is 1.74. The number of piperazine rings is 1. The fourth-order valence-corrected chi connectivity index (χ4v) is 0.885. The molecule has 0 aromatic heterocycles. The minimum atomic E-state index is -4.10. The first kappa shape index (κ1) is 14.2. The molecule has 0 saturated carbocycles. The maximum atomic E-state index is 11.8. The molecule has 1 heterocycles. The summed E-state index contributed by atoms with van der Waals surface area (Å²) in [4.78, 5) is 9.37. The highest BCUT2D eigenvalue weighted by molar-refractivity contribution is 5.66. The van der Waals surface area contributed by atoms with Crippen LogP contribution in [0.25, 0.3) is 0 Å². The maximum Gasteiger partial charge on any atom is 0.405 e. The number of rotatable bonds is 1. The average molecular weight is 228 g/mol. The second kappa shape index (κ2) is 6.62. The lowest BCUT2D eigenvalue weighted by molar-refractivity contribution is -0.157. The molecule has 1 fully saturated rings. The molecule has 0 bridgehead atoms. The van der Waals surface area contributed by atoms with E-state index in [4.69, 9.17) is 5.11 Å². The van der Waals surface area contributed by atoms with Gasteiger partial charge in [-0.15, -0.1) is 0 Å². The Morgan fingerprint density at radius 2 is 2.00 bits per heavy atom. The number of hydrogen-bond acceptors (Lipinski definition) is 3. The van der Waals surface area contributed by atoms with Crippen LogP contribution in [0.3, 0.4) is 0 Å². The van der Waals surface area contributed by atoms with Crippen LogP contribution in [0.1, 0.15) is 13.3 Å². The molecular weight excluding hydrogens is 213 g/mol. The van der Waals surface area contributed by atoms with Crippen molar-refractivity contribution in [3.8, 4) is 0 Å². The van der Waals surface area contributed by atoms with Gasteiger partial charge in [-0.2, -0.15) is 13.2 Å². The number of carboxylic acids is 1. The molecular formula is C8H15F3N2O2. The number of aliphatic carboxylic acids is 1. The summed E-state index contributed by atoms with van der Waals surface area (Å²) in [6.07, 6.45) is -3.88. The predicted octanol–water partition coefficient (Wildman–Crippen LogP) is 0.591. The molecule has 7 heteroatoms. The Morgan fingerprint density at radius 3 is 2.20 bits per heavy atom. The molecule has 0 aliphatic carbocycles. The van der Waals surface area contributed by atoms with E-state index in [9.17, 15) is 18.0 Å². The van der Waals surface area contributed by atoms with Crippen LogP contribution < -0.4 is 10.6 Å². The predicted molar refractivity (Wildman–Crippen MR) is 48.6 cm³/mol. The van der Waals surface area contributed by atoms with Crippen molar-refractivity contribution >= 4 is 5.97 Å². The number of carbonyl (C=O) groups is 1. The Labute approximate surface area is 85.8 Å². The number of carboxylic acid groups (broad SMARTS) is 1. The second-order valence-electron chi connectivity index (χ2n) is 3.00. The van der Waals surface area contributed by atoms with Gasteiger partial charge in [0.1, 0.15) is 6.04 Å². The monoisotopic (exact) mass is 228 g/mol. The molecule has 1 aliphatic rings. The Morgan fingerprint density at radius 1 is 1.47 bits per heavy atom. The Bertz CT molecular complexity index is 191. The number of alkyl halides is 3. The number of hydrogen-bond donors (Lipinski definition) is 3. The van der Waals surface area contributed by atoms with E-state index in [1.807, 2.05) is 0 Å². The minimum absolute atomic E-state index is 0.0104. The summed E-state index contributed by atoms with van der Waals surface area (Å²) in [5, 5.41) is 12.8. The van der Waals surface area contributed by atoms with Gasteiger partial charge in [0, 0.05) is 26.1 Å². The quantitative estimate of drug-likeness (QED) is 0.614. The molecule has 1 unspecified atom stereocenters. The van der Waals surface area contributed by atoms with Gasteiger partial charge in [0.2, 0.25) is 0 Å². The normalized spacial score (nSPS) is 21.5. The van der Waals surface area contributed by atoms with Gasteiger partial charge < -0.3 is 15.7 Å². The van der Waals surface area contributed by atoms with E-state index in [0.29, 0.717) is 13.1 Å². The molecule has 0 aromatic carbocycles. The first-order chi connectivity index (χ1) is 6.88. The van der Waals surface area contributed by atoms with E-state index in [1.165, 1.54) is 0 Å². The SMILES string of the molecule is CCC(=O)O.FC(F)(F)C1CNCCN1. The molecule has 90 valence electrons. The van der Waals surface area contributed by atoms with Gasteiger partial charge >= 0.3 is 12.1 Å². The molecule has 3 N–H and O–H groups in total. The van der Waals surface area contributed by atoms with E-state index >= 15 is 0 Å². The van der Waals surface area contributed by atoms with Crippen molar-refractivity contribution < 1.29 is 23.1 Å². The Kier molecular flexibility index (Phi) is 6.26. The van der Waals surface area contributed by atoms with Gasteiger partial charge in [0.15, 0.2) is 0 Å². The van der Waals surface area contributed by atoms with Crippen LogP contribution in [0.2, 0.25) is 0 Å². The first-order valence-electron chi connectivity index (χ1n) is 4.60. The van der Waals surface area contributed by atoms with Crippen LogP contribution in [-0.2, 0) is 4.79 Å². The second-order valence-corrected chi connectivity index (χ2v) is 3.00. The van der Waals surface area contributed by atoms with Crippen LogP contribution in [0.5, 0.6) is 0 Å². The van der Waals surface area contributed by atoms with E-state index < -0.39 is 18.2 Å².